The fraction of sp³-hybridized carbons (Fsp3) is 0.133. The van der Waals surface area contributed by atoms with Gasteiger partial charge in [-0.25, -0.2) is 0 Å². The summed E-state index contributed by atoms with van der Waals surface area (Å²) in [6.45, 7) is 0. The number of ether oxygens (including phenoxy) is 1. The molecule has 4 nitrogen and oxygen atoms in total. The summed E-state index contributed by atoms with van der Waals surface area (Å²) in [5.74, 6) is 0.397. The number of hydrogen-bond acceptors (Lipinski definition) is 3. The molecule has 2 aromatic rings. The summed E-state index contributed by atoms with van der Waals surface area (Å²) in [5, 5.41) is 3.29. The minimum atomic E-state index is -0.125. The predicted octanol–water partition coefficient (Wildman–Crippen LogP) is 3.11. The lowest BCUT2D eigenvalue weighted by Crippen LogP contribution is -2.14. The molecule has 104 valence electrons. The summed E-state index contributed by atoms with van der Waals surface area (Å²) < 4.78 is 5.10. The van der Waals surface area contributed by atoms with Crippen molar-refractivity contribution < 1.29 is 9.53 Å². The molecule has 3 N–H and O–H groups in total. The van der Waals surface area contributed by atoms with E-state index in [9.17, 15) is 4.79 Å². The van der Waals surface area contributed by atoms with Crippen LogP contribution < -0.4 is 15.8 Å². The molecular formula is C15H15ClN2O2. The number of benzene rings is 2. The molecule has 0 aliphatic carbocycles. The van der Waals surface area contributed by atoms with Crippen molar-refractivity contribution in [3.8, 4) is 5.75 Å². The van der Waals surface area contributed by atoms with Crippen molar-refractivity contribution in [3.05, 3.63) is 53.1 Å². The molecule has 0 atom stereocenters. The van der Waals surface area contributed by atoms with Crippen molar-refractivity contribution in [2.24, 2.45) is 0 Å². The van der Waals surface area contributed by atoms with Crippen LogP contribution in [0.3, 0.4) is 0 Å². The molecule has 5 heteroatoms. The largest absolute Gasteiger partial charge is 0.495 e. The zero-order valence-corrected chi connectivity index (χ0v) is 11.8. The second-order valence-corrected chi connectivity index (χ2v) is 4.73. The van der Waals surface area contributed by atoms with Crippen LogP contribution in [0.15, 0.2) is 42.5 Å². The molecule has 0 saturated carbocycles. The number of anilines is 2. The van der Waals surface area contributed by atoms with Gasteiger partial charge in [0, 0.05) is 17.4 Å². The van der Waals surface area contributed by atoms with E-state index in [0.29, 0.717) is 22.1 Å². The Kier molecular flexibility index (Phi) is 4.48. The van der Waals surface area contributed by atoms with Crippen molar-refractivity contribution in [1.82, 2.24) is 0 Å². The zero-order chi connectivity index (χ0) is 14.5. The standard InChI is InChI=1S/C15H15ClN2O2/c1-20-14-9-12(5-6-13(14)16)18-15(19)8-10-3-2-4-11(17)7-10/h2-7,9H,8,17H2,1H3,(H,18,19). The second kappa shape index (κ2) is 6.30. The SMILES string of the molecule is COc1cc(NC(=O)Cc2cccc(N)c2)ccc1Cl. The van der Waals surface area contributed by atoms with Crippen LogP contribution in [0.1, 0.15) is 5.56 Å². The highest BCUT2D eigenvalue weighted by molar-refractivity contribution is 6.32. The lowest BCUT2D eigenvalue weighted by atomic mass is 10.1. The molecule has 1 amide bonds. The number of nitrogens with two attached hydrogens (primary N) is 1. The first-order chi connectivity index (χ1) is 9.58. The summed E-state index contributed by atoms with van der Waals surface area (Å²) in [4.78, 5) is 12.0. The van der Waals surface area contributed by atoms with E-state index in [4.69, 9.17) is 22.1 Å². The maximum Gasteiger partial charge on any atom is 0.228 e. The Bertz CT molecular complexity index is 629. The van der Waals surface area contributed by atoms with Crippen LogP contribution in [0.25, 0.3) is 0 Å². The first-order valence-electron chi connectivity index (χ1n) is 6.06. The van der Waals surface area contributed by atoms with Crippen LogP contribution in [0.4, 0.5) is 11.4 Å². The Morgan fingerprint density at radius 3 is 2.80 bits per heavy atom. The number of nitrogen functional groups attached to an aromatic ring is 1. The van der Waals surface area contributed by atoms with Gasteiger partial charge in [0.25, 0.3) is 0 Å². The van der Waals surface area contributed by atoms with Crippen LogP contribution in [0.2, 0.25) is 5.02 Å². The molecule has 2 rings (SSSR count). The molecule has 20 heavy (non-hydrogen) atoms. The fourth-order valence-corrected chi connectivity index (χ4v) is 2.03. The highest BCUT2D eigenvalue weighted by atomic mass is 35.5. The number of rotatable bonds is 4. The van der Waals surface area contributed by atoms with E-state index in [0.717, 1.165) is 5.56 Å². The van der Waals surface area contributed by atoms with E-state index in [2.05, 4.69) is 5.32 Å². The Balaban J connectivity index is 2.04. The number of carbonyl (C=O) groups excluding carboxylic acids is 1. The molecule has 2 aromatic carbocycles. The van der Waals surface area contributed by atoms with Gasteiger partial charge in [-0.2, -0.15) is 0 Å². The molecule has 0 bridgehead atoms. The molecule has 0 saturated heterocycles. The Hall–Kier alpha value is -2.20. The van der Waals surface area contributed by atoms with Gasteiger partial charge < -0.3 is 15.8 Å². The third-order valence-corrected chi connectivity index (χ3v) is 3.06. The monoisotopic (exact) mass is 290 g/mol. The topological polar surface area (TPSA) is 64.3 Å². The van der Waals surface area contributed by atoms with Gasteiger partial charge in [0.1, 0.15) is 5.75 Å². The molecule has 0 heterocycles. The third-order valence-electron chi connectivity index (χ3n) is 2.75. The first kappa shape index (κ1) is 14.2. The van der Waals surface area contributed by atoms with E-state index < -0.39 is 0 Å². The molecule has 0 aliphatic heterocycles. The number of methoxy groups -OCH3 is 1. The smallest absolute Gasteiger partial charge is 0.228 e. The summed E-state index contributed by atoms with van der Waals surface area (Å²) in [6.07, 6.45) is 0.260. The van der Waals surface area contributed by atoms with Crippen LogP contribution >= 0.6 is 11.6 Å². The van der Waals surface area contributed by atoms with Crippen LogP contribution in [0.5, 0.6) is 5.75 Å². The lowest BCUT2D eigenvalue weighted by Gasteiger charge is -2.08. The Labute approximate surface area is 122 Å². The number of halogens is 1. The summed E-state index contributed by atoms with van der Waals surface area (Å²) in [5.41, 5.74) is 7.82. The second-order valence-electron chi connectivity index (χ2n) is 4.32. The molecular weight excluding hydrogens is 276 g/mol. The number of nitrogens with one attached hydrogen (secondary N) is 1. The van der Waals surface area contributed by atoms with E-state index in [-0.39, 0.29) is 12.3 Å². The van der Waals surface area contributed by atoms with Gasteiger partial charge in [0.15, 0.2) is 0 Å². The van der Waals surface area contributed by atoms with Crippen LogP contribution in [0, 0.1) is 0 Å². The van der Waals surface area contributed by atoms with E-state index in [1.807, 2.05) is 12.1 Å². The average molecular weight is 291 g/mol. The first-order valence-corrected chi connectivity index (χ1v) is 6.44. The Morgan fingerprint density at radius 2 is 2.10 bits per heavy atom. The number of hydrogen-bond donors (Lipinski definition) is 2. The van der Waals surface area contributed by atoms with Crippen LogP contribution in [-0.4, -0.2) is 13.0 Å². The fourth-order valence-electron chi connectivity index (χ4n) is 1.83. The van der Waals surface area contributed by atoms with Gasteiger partial charge in [0.2, 0.25) is 5.91 Å². The normalized spacial score (nSPS) is 10.1. The molecule has 0 radical (unpaired) electrons. The van der Waals surface area contributed by atoms with E-state index >= 15 is 0 Å². The average Bonchev–Trinajstić information content (AvgIpc) is 2.41. The molecule has 0 spiro atoms. The highest BCUT2D eigenvalue weighted by Crippen LogP contribution is 2.27. The molecule has 0 fully saturated rings. The van der Waals surface area contributed by atoms with Crippen molar-refractivity contribution in [3.63, 3.8) is 0 Å². The van der Waals surface area contributed by atoms with Gasteiger partial charge in [-0.15, -0.1) is 0 Å². The summed E-state index contributed by atoms with van der Waals surface area (Å²) in [6, 6.07) is 12.3. The quantitative estimate of drug-likeness (QED) is 0.850. The lowest BCUT2D eigenvalue weighted by molar-refractivity contribution is -0.115. The van der Waals surface area contributed by atoms with Crippen molar-refractivity contribution in [2.45, 2.75) is 6.42 Å². The third kappa shape index (κ3) is 3.65. The molecule has 0 aliphatic rings. The zero-order valence-electron chi connectivity index (χ0n) is 11.0. The number of amides is 1. The van der Waals surface area contributed by atoms with Gasteiger partial charge >= 0.3 is 0 Å². The molecule has 0 unspecified atom stereocenters. The van der Waals surface area contributed by atoms with Crippen molar-refractivity contribution >= 4 is 28.9 Å². The van der Waals surface area contributed by atoms with Gasteiger partial charge in [-0.3, -0.25) is 4.79 Å². The van der Waals surface area contributed by atoms with E-state index in [1.165, 1.54) is 7.11 Å². The Morgan fingerprint density at radius 1 is 1.30 bits per heavy atom. The van der Waals surface area contributed by atoms with Crippen molar-refractivity contribution in [2.75, 3.05) is 18.2 Å². The summed E-state index contributed by atoms with van der Waals surface area (Å²) >= 11 is 5.93. The number of carbonyl (C=O) groups is 1. The minimum Gasteiger partial charge on any atom is -0.495 e. The van der Waals surface area contributed by atoms with E-state index in [1.54, 1.807) is 30.3 Å². The van der Waals surface area contributed by atoms with Gasteiger partial charge in [-0.1, -0.05) is 23.7 Å². The van der Waals surface area contributed by atoms with Gasteiger partial charge in [0.05, 0.1) is 18.6 Å². The van der Waals surface area contributed by atoms with Gasteiger partial charge in [-0.05, 0) is 29.8 Å². The highest BCUT2D eigenvalue weighted by Gasteiger charge is 2.07. The predicted molar refractivity (Wildman–Crippen MR) is 81.2 cm³/mol. The minimum absolute atomic E-state index is 0.125. The molecule has 0 aromatic heterocycles. The van der Waals surface area contributed by atoms with Crippen molar-refractivity contribution in [1.29, 1.82) is 0 Å². The summed E-state index contributed by atoms with van der Waals surface area (Å²) in [7, 11) is 1.53. The van der Waals surface area contributed by atoms with Crippen LogP contribution in [-0.2, 0) is 11.2 Å². The maximum absolute atomic E-state index is 12.0. The maximum atomic E-state index is 12.0.